The highest BCUT2D eigenvalue weighted by Crippen LogP contribution is 2.18. The van der Waals surface area contributed by atoms with Crippen LogP contribution in [0, 0.1) is 0 Å². The van der Waals surface area contributed by atoms with Crippen molar-refractivity contribution >= 4 is 23.6 Å². The van der Waals surface area contributed by atoms with E-state index >= 15 is 0 Å². The van der Waals surface area contributed by atoms with Crippen LogP contribution in [0.3, 0.4) is 0 Å². The zero-order valence-electron chi connectivity index (χ0n) is 12.6. The van der Waals surface area contributed by atoms with Gasteiger partial charge in [-0.25, -0.2) is 9.59 Å². The highest BCUT2D eigenvalue weighted by molar-refractivity contribution is 5.97. The molecule has 1 aliphatic rings. The fraction of sp³-hybridized carbons (Fsp3) is 0.400. The molecule has 0 saturated heterocycles. The molecule has 0 atom stereocenters. The van der Waals surface area contributed by atoms with E-state index in [1.165, 1.54) is 0 Å². The van der Waals surface area contributed by atoms with Gasteiger partial charge in [-0.1, -0.05) is 6.07 Å². The van der Waals surface area contributed by atoms with Crippen LogP contribution in [0.2, 0.25) is 0 Å². The van der Waals surface area contributed by atoms with Crippen LogP contribution in [-0.4, -0.2) is 44.7 Å². The number of esters is 1. The maximum Gasteiger partial charge on any atom is 0.338 e. The zero-order chi connectivity index (χ0) is 16.1. The van der Waals surface area contributed by atoms with Crippen molar-refractivity contribution < 1.29 is 19.1 Å². The van der Waals surface area contributed by atoms with Gasteiger partial charge in [-0.15, -0.1) is 0 Å². The first-order valence-electron chi connectivity index (χ1n) is 7.00. The number of benzene rings is 1. The molecular weight excluding hydrogens is 286 g/mol. The number of hydrogen-bond acceptors (Lipinski definition) is 5. The monoisotopic (exact) mass is 305 g/mol. The minimum absolute atomic E-state index is 0.157. The molecule has 1 aliphatic carbocycles. The predicted octanol–water partition coefficient (Wildman–Crippen LogP) is 0.898. The summed E-state index contributed by atoms with van der Waals surface area (Å²) in [7, 11) is 3.72. The van der Waals surface area contributed by atoms with Crippen LogP contribution in [-0.2, 0) is 9.53 Å². The third-order valence-corrected chi connectivity index (χ3v) is 3.10. The van der Waals surface area contributed by atoms with Crippen LogP contribution in [0.5, 0.6) is 0 Å². The standard InChI is InChI=1S/C15H19N3O4/c1-18(2)12-5-3-4-10(8-12)14(20)22-9-13(19)17-15(21)16-11-6-7-11/h3-5,8,11H,6-7,9H2,1-2H3,(H2,16,17,19,21). The van der Waals surface area contributed by atoms with Crippen molar-refractivity contribution in [3.05, 3.63) is 29.8 Å². The molecular formula is C15H19N3O4. The Morgan fingerprint density at radius 3 is 2.64 bits per heavy atom. The number of rotatable bonds is 5. The van der Waals surface area contributed by atoms with E-state index < -0.39 is 24.5 Å². The Balaban J connectivity index is 1.80. The fourth-order valence-corrected chi connectivity index (χ4v) is 1.74. The van der Waals surface area contributed by atoms with Crippen molar-refractivity contribution in [2.45, 2.75) is 18.9 Å². The average molecular weight is 305 g/mol. The lowest BCUT2D eigenvalue weighted by atomic mass is 10.2. The Bertz CT molecular complexity index is 582. The normalized spacial score (nSPS) is 13.2. The number of carbonyl (C=O) groups excluding carboxylic acids is 3. The molecule has 118 valence electrons. The molecule has 0 heterocycles. The molecule has 0 spiro atoms. The Kier molecular flexibility index (Phi) is 4.98. The van der Waals surface area contributed by atoms with Crippen LogP contribution >= 0.6 is 0 Å². The zero-order valence-corrected chi connectivity index (χ0v) is 12.6. The molecule has 0 radical (unpaired) electrons. The van der Waals surface area contributed by atoms with Crippen molar-refractivity contribution in [1.29, 1.82) is 0 Å². The Labute approximate surface area is 128 Å². The maximum atomic E-state index is 11.9. The number of hydrogen-bond donors (Lipinski definition) is 2. The molecule has 22 heavy (non-hydrogen) atoms. The lowest BCUT2D eigenvalue weighted by molar-refractivity contribution is -0.123. The maximum absolute atomic E-state index is 11.9. The molecule has 1 aromatic carbocycles. The summed E-state index contributed by atoms with van der Waals surface area (Å²) in [4.78, 5) is 36.6. The Hall–Kier alpha value is -2.57. The SMILES string of the molecule is CN(C)c1cccc(C(=O)OCC(=O)NC(=O)NC2CC2)c1. The average Bonchev–Trinajstić information content (AvgIpc) is 3.28. The van der Waals surface area contributed by atoms with E-state index in [4.69, 9.17) is 4.74 Å². The second-order valence-electron chi connectivity index (χ2n) is 5.32. The van der Waals surface area contributed by atoms with E-state index in [9.17, 15) is 14.4 Å². The molecule has 2 N–H and O–H groups in total. The van der Waals surface area contributed by atoms with Gasteiger partial charge in [0.2, 0.25) is 0 Å². The summed E-state index contributed by atoms with van der Waals surface area (Å²) in [6.45, 7) is -0.497. The lowest BCUT2D eigenvalue weighted by Crippen LogP contribution is -2.42. The van der Waals surface area contributed by atoms with E-state index in [0.717, 1.165) is 18.5 Å². The minimum atomic E-state index is -0.657. The van der Waals surface area contributed by atoms with Gasteiger partial charge in [0.1, 0.15) is 0 Å². The number of nitrogens with one attached hydrogen (secondary N) is 2. The lowest BCUT2D eigenvalue weighted by Gasteiger charge is -2.13. The van der Waals surface area contributed by atoms with Crippen molar-refractivity contribution in [3.8, 4) is 0 Å². The molecule has 0 unspecified atom stereocenters. The second kappa shape index (κ2) is 6.93. The number of urea groups is 1. The van der Waals surface area contributed by atoms with Crippen LogP contribution in [0.15, 0.2) is 24.3 Å². The number of anilines is 1. The van der Waals surface area contributed by atoms with E-state index in [2.05, 4.69) is 10.6 Å². The molecule has 0 aromatic heterocycles. The molecule has 0 bridgehead atoms. The van der Waals surface area contributed by atoms with Gasteiger partial charge >= 0.3 is 12.0 Å². The van der Waals surface area contributed by atoms with Gasteiger partial charge in [-0.2, -0.15) is 0 Å². The molecule has 3 amide bonds. The molecule has 2 rings (SSSR count). The van der Waals surface area contributed by atoms with Crippen molar-refractivity contribution in [3.63, 3.8) is 0 Å². The van der Waals surface area contributed by atoms with Crippen molar-refractivity contribution in [2.75, 3.05) is 25.6 Å². The quantitative estimate of drug-likeness (QED) is 0.789. The summed E-state index contributed by atoms with van der Waals surface area (Å²) in [6.07, 6.45) is 1.86. The predicted molar refractivity (Wildman–Crippen MR) is 80.7 cm³/mol. The van der Waals surface area contributed by atoms with Gasteiger partial charge in [0.15, 0.2) is 6.61 Å². The van der Waals surface area contributed by atoms with Gasteiger partial charge in [-0.3, -0.25) is 10.1 Å². The first-order chi connectivity index (χ1) is 10.5. The molecule has 7 nitrogen and oxygen atoms in total. The summed E-state index contributed by atoms with van der Waals surface area (Å²) in [5, 5.41) is 4.72. The van der Waals surface area contributed by atoms with E-state index in [1.807, 2.05) is 25.1 Å². The van der Waals surface area contributed by atoms with E-state index in [0.29, 0.717) is 5.56 Å². The number of imide groups is 1. The first kappa shape index (κ1) is 15.8. The van der Waals surface area contributed by atoms with Crippen LogP contribution in [0.1, 0.15) is 23.2 Å². The molecule has 1 aromatic rings. The molecule has 7 heteroatoms. The smallest absolute Gasteiger partial charge is 0.338 e. The summed E-state index contributed by atoms with van der Waals surface area (Å²) >= 11 is 0. The largest absolute Gasteiger partial charge is 0.452 e. The second-order valence-corrected chi connectivity index (χ2v) is 5.32. The topological polar surface area (TPSA) is 87.7 Å². The Morgan fingerprint density at radius 2 is 2.00 bits per heavy atom. The molecule has 0 aliphatic heterocycles. The van der Waals surface area contributed by atoms with Gasteiger partial charge in [0, 0.05) is 25.8 Å². The van der Waals surface area contributed by atoms with Crippen LogP contribution in [0.4, 0.5) is 10.5 Å². The number of amides is 3. The number of nitrogens with zero attached hydrogens (tertiary/aromatic N) is 1. The Morgan fingerprint density at radius 1 is 1.27 bits per heavy atom. The summed E-state index contributed by atoms with van der Waals surface area (Å²) in [5.41, 5.74) is 1.20. The van der Waals surface area contributed by atoms with Crippen molar-refractivity contribution in [1.82, 2.24) is 10.6 Å². The minimum Gasteiger partial charge on any atom is -0.452 e. The molecule has 1 saturated carbocycles. The summed E-state index contributed by atoms with van der Waals surface area (Å²) in [5.74, 6) is -1.27. The van der Waals surface area contributed by atoms with Gasteiger partial charge in [0.05, 0.1) is 5.56 Å². The summed E-state index contributed by atoms with van der Waals surface area (Å²) < 4.78 is 4.90. The first-order valence-corrected chi connectivity index (χ1v) is 7.00. The van der Waals surface area contributed by atoms with E-state index in [1.54, 1.807) is 18.2 Å². The third kappa shape index (κ3) is 4.76. The number of ether oxygens (including phenoxy) is 1. The van der Waals surface area contributed by atoms with Gasteiger partial charge in [-0.05, 0) is 31.0 Å². The summed E-state index contributed by atoms with van der Waals surface area (Å²) in [6, 6.07) is 6.45. The number of carbonyl (C=O) groups is 3. The van der Waals surface area contributed by atoms with Gasteiger partial charge in [0.25, 0.3) is 5.91 Å². The fourth-order valence-electron chi connectivity index (χ4n) is 1.74. The van der Waals surface area contributed by atoms with Crippen LogP contribution < -0.4 is 15.5 Å². The highest BCUT2D eigenvalue weighted by Gasteiger charge is 2.24. The third-order valence-electron chi connectivity index (χ3n) is 3.10. The highest BCUT2D eigenvalue weighted by atomic mass is 16.5. The van der Waals surface area contributed by atoms with Crippen molar-refractivity contribution in [2.24, 2.45) is 0 Å². The van der Waals surface area contributed by atoms with E-state index in [-0.39, 0.29) is 6.04 Å². The van der Waals surface area contributed by atoms with Gasteiger partial charge < -0.3 is 15.0 Å². The van der Waals surface area contributed by atoms with Crippen LogP contribution in [0.25, 0.3) is 0 Å². The molecule has 1 fully saturated rings.